The number of sulfonamides is 1. The van der Waals surface area contributed by atoms with Crippen molar-refractivity contribution in [2.45, 2.75) is 36.1 Å². The number of rotatable bonds is 2. The van der Waals surface area contributed by atoms with Gasteiger partial charge in [0.05, 0.1) is 10.4 Å². The molecule has 3 nitrogen and oxygen atoms in total. The van der Waals surface area contributed by atoms with Crippen molar-refractivity contribution in [3.05, 3.63) is 54.6 Å². The van der Waals surface area contributed by atoms with Gasteiger partial charge in [0.1, 0.15) is 0 Å². The van der Waals surface area contributed by atoms with Gasteiger partial charge in [0, 0.05) is 6.54 Å². The van der Waals surface area contributed by atoms with E-state index in [9.17, 15) is 8.42 Å². The molecule has 2 aliphatic rings. The quantitative estimate of drug-likeness (QED) is 0.839. The van der Waals surface area contributed by atoms with Crippen LogP contribution < -0.4 is 0 Å². The van der Waals surface area contributed by atoms with Gasteiger partial charge >= 0.3 is 0 Å². The topological polar surface area (TPSA) is 37.4 Å². The van der Waals surface area contributed by atoms with Crippen LogP contribution in [0.25, 0.3) is 0 Å². The summed E-state index contributed by atoms with van der Waals surface area (Å²) < 4.78 is 27.6. The predicted molar refractivity (Wildman–Crippen MR) is 79.8 cm³/mol. The minimum Gasteiger partial charge on any atom is -0.207 e. The molecule has 1 aliphatic heterocycles. The van der Waals surface area contributed by atoms with Crippen molar-refractivity contribution >= 4 is 10.0 Å². The van der Waals surface area contributed by atoms with E-state index >= 15 is 0 Å². The largest absolute Gasteiger partial charge is 0.243 e. The maximum atomic E-state index is 12.9. The predicted octanol–water partition coefficient (Wildman–Crippen LogP) is 3.12. The molecule has 0 saturated carbocycles. The van der Waals surface area contributed by atoms with Crippen LogP contribution in [0.1, 0.15) is 25.7 Å². The first-order valence-corrected chi connectivity index (χ1v) is 8.51. The Morgan fingerprint density at radius 3 is 2.55 bits per heavy atom. The molecule has 1 fully saturated rings. The summed E-state index contributed by atoms with van der Waals surface area (Å²) in [6.45, 7) is 0.607. The zero-order chi connectivity index (χ0) is 14.1. The molecule has 1 atom stereocenters. The Morgan fingerprint density at radius 2 is 1.85 bits per heavy atom. The minimum absolute atomic E-state index is 0.359. The number of hydrogen-bond donors (Lipinski definition) is 0. The monoisotopic (exact) mass is 289 g/mol. The second kappa shape index (κ2) is 5.19. The number of hydrogen-bond acceptors (Lipinski definition) is 2. The molecule has 0 amide bonds. The van der Waals surface area contributed by atoms with Crippen LogP contribution in [0.5, 0.6) is 0 Å². The Kier molecular flexibility index (Phi) is 3.52. The van der Waals surface area contributed by atoms with Crippen molar-refractivity contribution in [3.63, 3.8) is 0 Å². The SMILES string of the molecule is O=S(=O)(c1ccccc1)N1CCCCC12C=CC=CC2. The van der Waals surface area contributed by atoms with Crippen LogP contribution in [0.4, 0.5) is 0 Å². The average molecular weight is 289 g/mol. The van der Waals surface area contributed by atoms with E-state index in [1.54, 1.807) is 28.6 Å². The lowest BCUT2D eigenvalue weighted by Crippen LogP contribution is -2.53. The van der Waals surface area contributed by atoms with Crippen molar-refractivity contribution in [2.24, 2.45) is 0 Å². The maximum Gasteiger partial charge on any atom is 0.243 e. The lowest BCUT2D eigenvalue weighted by molar-refractivity contribution is 0.180. The van der Waals surface area contributed by atoms with E-state index < -0.39 is 10.0 Å². The first-order chi connectivity index (χ1) is 9.65. The summed E-state index contributed by atoms with van der Waals surface area (Å²) in [4.78, 5) is 0.393. The van der Waals surface area contributed by atoms with Gasteiger partial charge in [-0.15, -0.1) is 0 Å². The summed E-state index contributed by atoms with van der Waals surface area (Å²) in [5, 5.41) is 0. The van der Waals surface area contributed by atoms with E-state index in [-0.39, 0.29) is 5.54 Å². The molecule has 1 spiro atoms. The number of benzene rings is 1. The Balaban J connectivity index is 2.03. The molecule has 1 saturated heterocycles. The van der Waals surface area contributed by atoms with E-state index in [1.807, 2.05) is 18.2 Å². The lowest BCUT2D eigenvalue weighted by Gasteiger charge is -2.44. The van der Waals surface area contributed by atoms with Crippen molar-refractivity contribution in [1.82, 2.24) is 4.31 Å². The zero-order valence-electron chi connectivity index (χ0n) is 11.4. The molecular weight excluding hydrogens is 270 g/mol. The van der Waals surface area contributed by atoms with Crippen molar-refractivity contribution in [1.29, 1.82) is 0 Å². The summed E-state index contributed by atoms with van der Waals surface area (Å²) in [7, 11) is -3.42. The van der Waals surface area contributed by atoms with Crippen LogP contribution in [0.15, 0.2) is 59.5 Å². The third-order valence-electron chi connectivity index (χ3n) is 4.17. The molecule has 1 aliphatic carbocycles. The Labute approximate surface area is 120 Å². The van der Waals surface area contributed by atoms with Crippen LogP contribution in [0.3, 0.4) is 0 Å². The van der Waals surface area contributed by atoms with Crippen molar-refractivity contribution < 1.29 is 8.42 Å². The van der Waals surface area contributed by atoms with E-state index in [2.05, 4.69) is 12.2 Å². The third-order valence-corrected chi connectivity index (χ3v) is 6.17. The fraction of sp³-hybridized carbons (Fsp3) is 0.375. The molecule has 3 rings (SSSR count). The van der Waals surface area contributed by atoms with Gasteiger partial charge in [-0.2, -0.15) is 4.31 Å². The second-order valence-electron chi connectivity index (χ2n) is 5.44. The minimum atomic E-state index is -3.42. The smallest absolute Gasteiger partial charge is 0.207 e. The number of nitrogens with zero attached hydrogens (tertiary/aromatic N) is 1. The van der Waals surface area contributed by atoms with Gasteiger partial charge in [-0.3, -0.25) is 0 Å². The Bertz CT molecular complexity index is 634. The Morgan fingerprint density at radius 1 is 1.05 bits per heavy atom. The molecule has 106 valence electrons. The summed E-state index contributed by atoms with van der Waals surface area (Å²) >= 11 is 0. The molecule has 0 aromatic heterocycles. The summed E-state index contributed by atoms with van der Waals surface area (Å²) in [5.74, 6) is 0. The maximum absolute atomic E-state index is 12.9. The summed E-state index contributed by atoms with van der Waals surface area (Å²) in [6.07, 6.45) is 11.8. The number of allylic oxidation sites excluding steroid dienone is 2. The molecule has 0 radical (unpaired) electrons. The molecule has 0 N–H and O–H groups in total. The summed E-state index contributed by atoms with van der Waals surface area (Å²) in [5.41, 5.74) is -0.359. The van der Waals surface area contributed by atoms with Gasteiger partial charge in [0.25, 0.3) is 0 Å². The third kappa shape index (κ3) is 2.23. The van der Waals surface area contributed by atoms with E-state index in [4.69, 9.17) is 0 Å². The molecule has 20 heavy (non-hydrogen) atoms. The lowest BCUT2D eigenvalue weighted by atomic mass is 9.83. The molecule has 1 aromatic carbocycles. The molecule has 1 aromatic rings. The molecular formula is C16H19NO2S. The zero-order valence-corrected chi connectivity index (χ0v) is 12.2. The molecule has 4 heteroatoms. The van der Waals surface area contributed by atoms with Gasteiger partial charge in [0.2, 0.25) is 10.0 Å². The molecule has 1 unspecified atom stereocenters. The van der Waals surface area contributed by atoms with Crippen molar-refractivity contribution in [3.8, 4) is 0 Å². The Hall–Kier alpha value is -1.39. The fourth-order valence-electron chi connectivity index (χ4n) is 3.14. The van der Waals surface area contributed by atoms with Crippen molar-refractivity contribution in [2.75, 3.05) is 6.54 Å². The van der Waals surface area contributed by atoms with Gasteiger partial charge in [0.15, 0.2) is 0 Å². The highest BCUT2D eigenvalue weighted by atomic mass is 32.2. The first kappa shape index (κ1) is 13.6. The van der Waals surface area contributed by atoms with Gasteiger partial charge in [-0.05, 0) is 37.8 Å². The van der Waals surface area contributed by atoms with Gasteiger partial charge in [-0.1, -0.05) is 42.5 Å². The molecule has 1 heterocycles. The van der Waals surface area contributed by atoms with Crippen LogP contribution in [-0.4, -0.2) is 24.8 Å². The van der Waals surface area contributed by atoms with Gasteiger partial charge < -0.3 is 0 Å². The normalized spacial score (nSPS) is 27.0. The fourth-order valence-corrected chi connectivity index (χ4v) is 4.97. The highest BCUT2D eigenvalue weighted by molar-refractivity contribution is 7.89. The average Bonchev–Trinajstić information content (AvgIpc) is 2.49. The first-order valence-electron chi connectivity index (χ1n) is 7.07. The van der Waals surface area contributed by atoms with Crippen LogP contribution in [0, 0.1) is 0 Å². The van der Waals surface area contributed by atoms with Crippen LogP contribution in [-0.2, 0) is 10.0 Å². The standard InChI is InChI=1S/C16H19NO2S/c18-20(19,15-9-3-1-4-10-15)17-14-8-7-13-16(17)11-5-2-6-12-16/h1-6,9-11H,7-8,12-14H2. The van der Waals surface area contributed by atoms with E-state index in [0.29, 0.717) is 11.4 Å². The van der Waals surface area contributed by atoms with Gasteiger partial charge in [-0.25, -0.2) is 8.42 Å². The highest BCUT2D eigenvalue weighted by Crippen LogP contribution is 2.38. The summed E-state index contributed by atoms with van der Waals surface area (Å²) in [6, 6.07) is 8.76. The van der Waals surface area contributed by atoms with Crippen LogP contribution in [0.2, 0.25) is 0 Å². The van der Waals surface area contributed by atoms with Crippen LogP contribution >= 0.6 is 0 Å². The second-order valence-corrected chi connectivity index (χ2v) is 7.30. The number of piperidine rings is 1. The highest BCUT2D eigenvalue weighted by Gasteiger charge is 2.43. The van der Waals surface area contributed by atoms with E-state index in [1.165, 1.54) is 0 Å². The van der Waals surface area contributed by atoms with E-state index in [0.717, 1.165) is 25.7 Å². The molecule has 0 bridgehead atoms.